The van der Waals surface area contributed by atoms with Crippen molar-refractivity contribution in [2.24, 2.45) is 0 Å². The average Bonchev–Trinajstić information content (AvgIpc) is 2.71. The Kier molecular flexibility index (Phi) is 2.54. The van der Waals surface area contributed by atoms with Gasteiger partial charge in [0.1, 0.15) is 10.6 Å². The summed E-state index contributed by atoms with van der Waals surface area (Å²) >= 11 is 1.10. The van der Waals surface area contributed by atoms with Crippen LogP contribution in [0.1, 0.15) is 9.67 Å². The van der Waals surface area contributed by atoms with Crippen LogP contribution in [0.25, 0.3) is 10.4 Å². The fraction of sp³-hybridized carbons (Fsp3) is 0. The molecule has 2 rings (SSSR count). The van der Waals surface area contributed by atoms with Gasteiger partial charge in [-0.05, 0) is 24.3 Å². The van der Waals surface area contributed by atoms with E-state index >= 15 is 0 Å². The maximum absolute atomic E-state index is 10.7. The lowest BCUT2D eigenvalue weighted by molar-refractivity contribution is 0.0702. The Bertz CT molecular complexity index is 548. The number of thiophene rings is 1. The zero-order valence-corrected chi connectivity index (χ0v) is 8.99. The minimum atomic E-state index is -0.973. The Hall–Kier alpha value is -2.01. The highest BCUT2D eigenvalue weighted by molar-refractivity contribution is 7.17. The molecule has 0 aliphatic heterocycles. The van der Waals surface area contributed by atoms with Gasteiger partial charge in [-0.25, -0.2) is 4.79 Å². The van der Waals surface area contributed by atoms with Gasteiger partial charge in [-0.2, -0.15) is 0 Å². The summed E-state index contributed by atoms with van der Waals surface area (Å²) in [6.07, 6.45) is 0. The molecule has 0 unspecified atom stereocenters. The van der Waals surface area contributed by atoms with E-state index in [1.807, 2.05) is 0 Å². The molecule has 1 heterocycles. The zero-order chi connectivity index (χ0) is 11.7. The third kappa shape index (κ3) is 1.72. The van der Waals surface area contributed by atoms with Gasteiger partial charge in [-0.3, -0.25) is 0 Å². The van der Waals surface area contributed by atoms with Crippen LogP contribution in [0.4, 0.5) is 5.69 Å². The van der Waals surface area contributed by atoms with Crippen molar-refractivity contribution < 1.29 is 15.0 Å². The fourth-order valence-electron chi connectivity index (χ4n) is 1.36. The summed E-state index contributed by atoms with van der Waals surface area (Å²) in [5.41, 5.74) is 6.40. The van der Waals surface area contributed by atoms with E-state index in [9.17, 15) is 9.90 Å². The van der Waals surface area contributed by atoms with E-state index in [4.69, 9.17) is 10.8 Å². The summed E-state index contributed by atoms with van der Waals surface area (Å²) in [7, 11) is 0. The minimum absolute atomic E-state index is 0.0127. The highest BCUT2D eigenvalue weighted by Gasteiger charge is 2.12. The summed E-state index contributed by atoms with van der Waals surface area (Å²) in [6.45, 7) is 0. The minimum Gasteiger partial charge on any atom is -0.505 e. The third-order valence-electron chi connectivity index (χ3n) is 2.15. The lowest BCUT2D eigenvalue weighted by Gasteiger charge is -2.03. The number of rotatable bonds is 2. The van der Waals surface area contributed by atoms with E-state index in [1.54, 1.807) is 24.3 Å². The van der Waals surface area contributed by atoms with Crippen molar-refractivity contribution in [1.29, 1.82) is 0 Å². The van der Waals surface area contributed by atoms with Crippen LogP contribution in [-0.4, -0.2) is 16.2 Å². The number of anilines is 1. The number of para-hydroxylation sites is 1. The first-order valence-electron chi connectivity index (χ1n) is 4.50. The quantitative estimate of drug-likeness (QED) is 0.551. The number of benzene rings is 1. The Labute approximate surface area is 95.6 Å². The predicted molar refractivity (Wildman–Crippen MR) is 62.8 cm³/mol. The Morgan fingerprint density at radius 2 is 2.00 bits per heavy atom. The van der Waals surface area contributed by atoms with Crippen molar-refractivity contribution in [1.82, 2.24) is 0 Å². The first-order chi connectivity index (χ1) is 7.59. The monoisotopic (exact) mass is 235 g/mol. The van der Waals surface area contributed by atoms with E-state index in [0.717, 1.165) is 11.3 Å². The van der Waals surface area contributed by atoms with Crippen molar-refractivity contribution >= 4 is 23.0 Å². The summed E-state index contributed by atoms with van der Waals surface area (Å²) in [5, 5.41) is 18.5. The molecule has 0 aliphatic rings. The molecule has 0 amide bonds. The second-order valence-corrected chi connectivity index (χ2v) is 4.30. The van der Waals surface area contributed by atoms with Gasteiger partial charge in [0.15, 0.2) is 0 Å². The molecule has 1 aromatic heterocycles. The topological polar surface area (TPSA) is 83.6 Å². The molecular weight excluding hydrogens is 226 g/mol. The van der Waals surface area contributed by atoms with Gasteiger partial charge in [0, 0.05) is 10.4 Å². The molecule has 0 aliphatic carbocycles. The molecule has 2 aromatic rings. The number of phenolic OH excluding ortho intramolecular Hbond substituents is 1. The van der Waals surface area contributed by atoms with Gasteiger partial charge >= 0.3 is 5.97 Å². The fourth-order valence-corrected chi connectivity index (χ4v) is 2.23. The largest absolute Gasteiger partial charge is 0.505 e. The maximum atomic E-state index is 10.7. The SMILES string of the molecule is Nc1cccc(-c2cc[12c](C(=O)O)s2)c1O. The molecule has 82 valence electrons. The van der Waals surface area contributed by atoms with Crippen LogP contribution >= 0.6 is 11.3 Å². The van der Waals surface area contributed by atoms with Crippen molar-refractivity contribution in [3.05, 3.63) is 35.2 Å². The number of aromatic carboxylic acids is 1. The van der Waals surface area contributed by atoms with Crippen LogP contribution in [0.15, 0.2) is 30.3 Å². The lowest BCUT2D eigenvalue weighted by Crippen LogP contribution is -1.89. The number of phenols is 1. The molecule has 0 bridgehead atoms. The van der Waals surface area contributed by atoms with E-state index in [-0.39, 0.29) is 16.3 Å². The summed E-state index contributed by atoms with van der Waals surface area (Å²) < 4.78 is 0. The van der Waals surface area contributed by atoms with Crippen molar-refractivity contribution in [3.63, 3.8) is 0 Å². The number of carboxylic acid groups (broad SMARTS) is 1. The number of aromatic hydroxyl groups is 1. The van der Waals surface area contributed by atoms with Crippen LogP contribution in [-0.2, 0) is 0 Å². The molecule has 0 fully saturated rings. The van der Waals surface area contributed by atoms with Gasteiger partial charge in [-0.1, -0.05) is 6.07 Å². The van der Waals surface area contributed by atoms with Gasteiger partial charge < -0.3 is 15.9 Å². The number of hydrogen-bond acceptors (Lipinski definition) is 4. The van der Waals surface area contributed by atoms with Gasteiger partial charge in [0.2, 0.25) is 0 Å². The number of carbonyl (C=O) groups is 1. The molecule has 0 atom stereocenters. The molecule has 0 saturated carbocycles. The van der Waals surface area contributed by atoms with Crippen molar-refractivity contribution in [3.8, 4) is 16.2 Å². The van der Waals surface area contributed by atoms with Crippen LogP contribution in [0.2, 0.25) is 0 Å². The van der Waals surface area contributed by atoms with Crippen LogP contribution in [0.3, 0.4) is 0 Å². The second-order valence-electron chi connectivity index (χ2n) is 3.21. The molecule has 0 radical (unpaired) electrons. The van der Waals surface area contributed by atoms with Gasteiger partial charge in [0.25, 0.3) is 0 Å². The Balaban J connectivity index is 2.50. The standard InChI is InChI=1S/C11H9NO3S/c12-7-3-1-2-6(10(7)13)8-4-5-9(16-8)11(14)15/h1-5,13H,12H2,(H,14,15)/i9+0. The Morgan fingerprint density at radius 1 is 1.25 bits per heavy atom. The molecule has 5 heteroatoms. The van der Waals surface area contributed by atoms with Crippen molar-refractivity contribution in [2.75, 3.05) is 5.73 Å². The predicted octanol–water partition coefficient (Wildman–Crippen LogP) is 2.40. The average molecular weight is 235 g/mol. The Morgan fingerprint density at radius 3 is 2.62 bits per heavy atom. The second kappa shape index (κ2) is 3.86. The molecule has 1 aromatic carbocycles. The first-order valence-corrected chi connectivity index (χ1v) is 5.32. The van der Waals surface area contributed by atoms with Gasteiger partial charge in [-0.15, -0.1) is 11.3 Å². The molecular formula is C11H9NO3S. The van der Waals surface area contributed by atoms with Crippen LogP contribution in [0, 0.1) is 0 Å². The maximum Gasteiger partial charge on any atom is 0.345 e. The molecule has 4 N–H and O–H groups in total. The number of carboxylic acids is 1. The molecule has 16 heavy (non-hydrogen) atoms. The number of hydrogen-bond donors (Lipinski definition) is 3. The smallest absolute Gasteiger partial charge is 0.345 e. The normalized spacial score (nSPS) is 10.2. The third-order valence-corrected chi connectivity index (χ3v) is 3.26. The van der Waals surface area contributed by atoms with Gasteiger partial charge in [0.05, 0.1) is 5.69 Å². The highest BCUT2D eigenvalue weighted by Crippen LogP contribution is 2.37. The van der Waals surface area contributed by atoms with E-state index in [1.165, 1.54) is 6.07 Å². The first kappa shape index (κ1) is 10.5. The van der Waals surface area contributed by atoms with Crippen LogP contribution in [0.5, 0.6) is 5.75 Å². The van der Waals surface area contributed by atoms with E-state index in [0.29, 0.717) is 10.4 Å². The van der Waals surface area contributed by atoms with Crippen molar-refractivity contribution in [2.45, 2.75) is 0 Å². The number of nitrogen functional groups attached to an aromatic ring is 1. The number of nitrogens with two attached hydrogens (primary N) is 1. The summed E-state index contributed by atoms with van der Waals surface area (Å²) in [5.74, 6) is -0.985. The van der Waals surface area contributed by atoms with Crippen LogP contribution < -0.4 is 5.73 Å². The lowest BCUT2D eigenvalue weighted by atomic mass is 10.1. The molecule has 0 saturated heterocycles. The molecule has 4 nitrogen and oxygen atoms in total. The summed E-state index contributed by atoms with van der Waals surface area (Å²) in [4.78, 5) is 11.6. The highest BCUT2D eigenvalue weighted by atomic mass is 32.1. The molecule has 0 spiro atoms. The van der Waals surface area contributed by atoms with E-state index in [2.05, 4.69) is 0 Å². The summed E-state index contributed by atoms with van der Waals surface area (Å²) in [6, 6.07) is 8.16. The van der Waals surface area contributed by atoms with E-state index < -0.39 is 5.97 Å². The zero-order valence-electron chi connectivity index (χ0n) is 8.18.